The summed E-state index contributed by atoms with van der Waals surface area (Å²) in [5.41, 5.74) is 5.42. The zero-order valence-electron chi connectivity index (χ0n) is 24.1. The van der Waals surface area contributed by atoms with Crippen LogP contribution in [-0.4, -0.2) is 47.1 Å². The van der Waals surface area contributed by atoms with E-state index in [1.165, 1.54) is 33.5 Å². The van der Waals surface area contributed by atoms with Crippen molar-refractivity contribution in [2.45, 2.75) is 38.5 Å². The minimum absolute atomic E-state index is 0.00177. The highest BCUT2D eigenvalue weighted by Gasteiger charge is 2.24. The molecule has 9 nitrogen and oxygen atoms in total. The fourth-order valence-corrected chi connectivity index (χ4v) is 4.87. The van der Waals surface area contributed by atoms with Gasteiger partial charge < -0.3 is 33.8 Å². The van der Waals surface area contributed by atoms with Crippen molar-refractivity contribution in [3.63, 3.8) is 0 Å². The number of halogens is 1. The fraction of sp³-hybridized carbons (Fsp3) is 0.375. The molecular weight excluding hydrogens is 545 g/mol. The predicted octanol–water partition coefficient (Wildman–Crippen LogP) is 6.00. The summed E-state index contributed by atoms with van der Waals surface area (Å²) in [6.45, 7) is 0.538. The van der Waals surface area contributed by atoms with E-state index < -0.39 is 17.2 Å². The van der Waals surface area contributed by atoms with Gasteiger partial charge in [0.15, 0.2) is 11.3 Å². The van der Waals surface area contributed by atoms with E-state index in [9.17, 15) is 14.0 Å². The van der Waals surface area contributed by atoms with Crippen molar-refractivity contribution in [1.82, 2.24) is 0 Å². The summed E-state index contributed by atoms with van der Waals surface area (Å²) in [5, 5.41) is 1.30. The molecule has 0 fully saturated rings. The molecule has 0 saturated heterocycles. The summed E-state index contributed by atoms with van der Waals surface area (Å²) >= 11 is 0. The normalized spacial score (nSPS) is 11.1. The van der Waals surface area contributed by atoms with E-state index >= 15 is 0 Å². The van der Waals surface area contributed by atoms with Crippen LogP contribution in [0, 0.1) is 5.82 Å². The molecule has 224 valence electrons. The second-order valence-electron chi connectivity index (χ2n) is 9.67. The number of hydrogen-bond acceptors (Lipinski definition) is 9. The van der Waals surface area contributed by atoms with Gasteiger partial charge >= 0.3 is 5.97 Å². The first-order chi connectivity index (χ1) is 20.4. The monoisotopic (exact) mass is 581 g/mol. The smallest absolute Gasteiger partial charge is 0.319 e. The number of nitrogens with two attached hydrogens (primary N) is 1. The van der Waals surface area contributed by atoms with Gasteiger partial charge in [-0.05, 0) is 43.2 Å². The molecule has 0 amide bonds. The van der Waals surface area contributed by atoms with Gasteiger partial charge in [0.25, 0.3) is 0 Å². The largest absolute Gasteiger partial charge is 0.496 e. The van der Waals surface area contributed by atoms with Crippen molar-refractivity contribution in [2.75, 3.05) is 41.1 Å². The maximum Gasteiger partial charge on any atom is 0.319 e. The van der Waals surface area contributed by atoms with Gasteiger partial charge in [-0.1, -0.05) is 37.8 Å². The first-order valence-corrected chi connectivity index (χ1v) is 13.9. The summed E-state index contributed by atoms with van der Waals surface area (Å²) in [6, 6.07) is 10.9. The predicted molar refractivity (Wildman–Crippen MR) is 158 cm³/mol. The van der Waals surface area contributed by atoms with Crippen molar-refractivity contribution in [3.05, 3.63) is 58.5 Å². The Bertz CT molecular complexity index is 1600. The molecule has 1 aromatic heterocycles. The Hall–Kier alpha value is -4.31. The zero-order valence-corrected chi connectivity index (χ0v) is 24.1. The summed E-state index contributed by atoms with van der Waals surface area (Å²) in [6.07, 6.45) is 5.24. The minimum Gasteiger partial charge on any atom is -0.496 e. The van der Waals surface area contributed by atoms with Gasteiger partial charge in [0, 0.05) is 5.56 Å². The minimum atomic E-state index is -0.474. The molecule has 0 radical (unpaired) electrons. The summed E-state index contributed by atoms with van der Waals surface area (Å²) < 4.78 is 48.6. The SMILES string of the molecule is COc1ccc(OC)c2c1c(OC)cc1c(=O)c(OCCCCCCCCOC(=O)CN)c(-c3cccc(F)c3)oc12. The highest BCUT2D eigenvalue weighted by Crippen LogP contribution is 2.45. The third-order valence-corrected chi connectivity index (χ3v) is 6.94. The highest BCUT2D eigenvalue weighted by atomic mass is 19.1. The standard InChI is InChI=1S/C32H36FNO8/c1-37-23-13-14-24(38-2)28-27(23)25(39-3)18-22-29(36)32(30(42-31(22)28)20-11-10-12-21(33)17-20)41-16-9-7-5-4-6-8-15-40-26(35)19-34/h10-14,17-18H,4-9,15-16,19,34H2,1-3H3. The Morgan fingerprint density at radius 1 is 0.833 bits per heavy atom. The van der Waals surface area contributed by atoms with Crippen LogP contribution in [0.5, 0.6) is 23.0 Å². The van der Waals surface area contributed by atoms with E-state index in [1.807, 2.05) is 0 Å². The van der Waals surface area contributed by atoms with Crippen LogP contribution in [0.15, 0.2) is 51.7 Å². The quantitative estimate of drug-likeness (QED) is 0.102. The van der Waals surface area contributed by atoms with Crippen molar-refractivity contribution < 1.29 is 37.3 Å². The van der Waals surface area contributed by atoms with Crippen LogP contribution in [0.2, 0.25) is 0 Å². The van der Waals surface area contributed by atoms with Crippen LogP contribution >= 0.6 is 0 Å². The number of esters is 1. The number of fused-ring (bicyclic) bond motifs is 3. The molecule has 3 aromatic carbocycles. The lowest BCUT2D eigenvalue weighted by Crippen LogP contribution is -2.17. The maximum absolute atomic E-state index is 14.3. The topological polar surface area (TPSA) is 119 Å². The summed E-state index contributed by atoms with van der Waals surface area (Å²) in [5.74, 6) is 0.619. The Balaban J connectivity index is 1.64. The molecule has 0 atom stereocenters. The van der Waals surface area contributed by atoms with Crippen LogP contribution in [0.25, 0.3) is 33.1 Å². The number of methoxy groups -OCH3 is 3. The van der Waals surface area contributed by atoms with Crippen LogP contribution < -0.4 is 30.1 Å². The number of rotatable bonds is 15. The molecule has 0 aliphatic rings. The third kappa shape index (κ3) is 6.76. The molecule has 1 heterocycles. The van der Waals surface area contributed by atoms with E-state index in [-0.39, 0.29) is 35.6 Å². The molecule has 0 bridgehead atoms. The summed E-state index contributed by atoms with van der Waals surface area (Å²) in [7, 11) is 4.56. The van der Waals surface area contributed by atoms with Crippen LogP contribution in [0.3, 0.4) is 0 Å². The lowest BCUT2D eigenvalue weighted by Gasteiger charge is -2.17. The molecule has 42 heavy (non-hydrogen) atoms. The van der Waals surface area contributed by atoms with Gasteiger partial charge in [-0.3, -0.25) is 9.59 Å². The van der Waals surface area contributed by atoms with Gasteiger partial charge in [-0.15, -0.1) is 0 Å². The van der Waals surface area contributed by atoms with E-state index in [0.29, 0.717) is 46.6 Å². The van der Waals surface area contributed by atoms with E-state index in [0.717, 1.165) is 32.1 Å². The Kier molecular flexibility index (Phi) is 10.6. The van der Waals surface area contributed by atoms with Crippen LogP contribution in [-0.2, 0) is 9.53 Å². The molecule has 0 aliphatic carbocycles. The van der Waals surface area contributed by atoms with E-state index in [2.05, 4.69) is 0 Å². The van der Waals surface area contributed by atoms with Crippen LogP contribution in [0.4, 0.5) is 4.39 Å². The lowest BCUT2D eigenvalue weighted by molar-refractivity contribution is -0.142. The van der Waals surface area contributed by atoms with Gasteiger partial charge in [-0.2, -0.15) is 0 Å². The Morgan fingerprint density at radius 3 is 2.12 bits per heavy atom. The molecule has 0 spiro atoms. The van der Waals surface area contributed by atoms with Crippen molar-refractivity contribution in [1.29, 1.82) is 0 Å². The number of unbranched alkanes of at least 4 members (excludes halogenated alkanes) is 5. The van der Waals surface area contributed by atoms with E-state index in [4.69, 9.17) is 33.8 Å². The number of benzene rings is 3. The van der Waals surface area contributed by atoms with Gasteiger partial charge in [-0.25, -0.2) is 4.39 Å². The van der Waals surface area contributed by atoms with Gasteiger partial charge in [0.1, 0.15) is 23.1 Å². The molecule has 0 aliphatic heterocycles. The lowest BCUT2D eigenvalue weighted by atomic mass is 10.0. The fourth-order valence-electron chi connectivity index (χ4n) is 4.87. The molecule has 2 N–H and O–H groups in total. The average Bonchev–Trinajstić information content (AvgIpc) is 3.01. The van der Waals surface area contributed by atoms with Gasteiger partial charge in [0.05, 0.1) is 57.2 Å². The first-order valence-electron chi connectivity index (χ1n) is 13.9. The average molecular weight is 582 g/mol. The number of hydrogen-bond donors (Lipinski definition) is 1. The molecule has 4 rings (SSSR count). The van der Waals surface area contributed by atoms with Gasteiger partial charge in [0.2, 0.25) is 11.2 Å². The zero-order chi connectivity index (χ0) is 30.1. The maximum atomic E-state index is 14.3. The number of carbonyl (C=O) groups excluding carboxylic acids is 1. The summed E-state index contributed by atoms with van der Waals surface area (Å²) in [4.78, 5) is 25.0. The van der Waals surface area contributed by atoms with Crippen molar-refractivity contribution >= 4 is 27.7 Å². The molecule has 0 unspecified atom stereocenters. The second kappa shape index (κ2) is 14.5. The Morgan fingerprint density at radius 2 is 1.48 bits per heavy atom. The molecule has 0 saturated carbocycles. The van der Waals surface area contributed by atoms with Crippen molar-refractivity contribution in [3.8, 4) is 34.3 Å². The Labute approximate surface area is 243 Å². The number of carbonyl (C=O) groups is 1. The third-order valence-electron chi connectivity index (χ3n) is 6.94. The molecular formula is C32H36FNO8. The highest BCUT2D eigenvalue weighted by molar-refractivity contribution is 6.13. The van der Waals surface area contributed by atoms with Crippen molar-refractivity contribution in [2.24, 2.45) is 5.73 Å². The van der Waals surface area contributed by atoms with Crippen LogP contribution in [0.1, 0.15) is 38.5 Å². The number of ether oxygens (including phenoxy) is 5. The molecule has 4 aromatic rings. The van der Waals surface area contributed by atoms with E-state index in [1.54, 1.807) is 30.3 Å². The second-order valence-corrected chi connectivity index (χ2v) is 9.67. The first kappa shape index (κ1) is 30.6. The molecule has 10 heteroatoms.